The van der Waals surface area contributed by atoms with Gasteiger partial charge in [0, 0.05) is 11.8 Å². The van der Waals surface area contributed by atoms with Crippen LogP contribution in [0.3, 0.4) is 0 Å². The maximum atomic E-state index is 12.8. The lowest BCUT2D eigenvalue weighted by atomic mass is 9.84. The van der Waals surface area contributed by atoms with Crippen LogP contribution < -0.4 is 5.32 Å². The Balaban J connectivity index is 2.13. The van der Waals surface area contributed by atoms with Crippen molar-refractivity contribution in [1.82, 2.24) is 10.2 Å². The van der Waals surface area contributed by atoms with Crippen LogP contribution in [-0.4, -0.2) is 62.9 Å². The molecular weight excluding hydrogens is 320 g/mol. The Labute approximate surface area is 140 Å². The molecule has 5 atom stereocenters. The molecule has 7 nitrogen and oxygen atoms in total. The molecule has 2 rings (SSSR count). The molecule has 1 heterocycles. The number of nitrogens with zero attached hydrogens (tertiary/aromatic N) is 1. The minimum atomic E-state index is -1.08. The predicted molar refractivity (Wildman–Crippen MR) is 86.5 cm³/mol. The van der Waals surface area contributed by atoms with Crippen LogP contribution >= 0.6 is 12.6 Å². The minimum Gasteiger partial charge on any atom is -0.480 e. The first kappa shape index (κ1) is 18.1. The third kappa shape index (κ3) is 3.80. The van der Waals surface area contributed by atoms with E-state index in [9.17, 15) is 19.5 Å². The number of nitrogens with one attached hydrogen (secondary N) is 1. The van der Waals surface area contributed by atoms with Crippen molar-refractivity contribution in [2.24, 2.45) is 5.92 Å². The van der Waals surface area contributed by atoms with Gasteiger partial charge in [-0.25, -0.2) is 4.79 Å². The Bertz CT molecular complexity index is 486. The van der Waals surface area contributed by atoms with Crippen molar-refractivity contribution in [3.8, 4) is 0 Å². The number of carbonyl (C=O) groups is 3. The van der Waals surface area contributed by atoms with Crippen molar-refractivity contribution in [3.63, 3.8) is 0 Å². The minimum absolute atomic E-state index is 0.0409. The molecule has 3 N–H and O–H groups in total. The molecule has 1 saturated heterocycles. The number of carboxylic acid groups (broad SMARTS) is 2. The number of hydrogen-bond donors (Lipinski definition) is 4. The first-order valence-corrected chi connectivity index (χ1v) is 8.64. The summed E-state index contributed by atoms with van der Waals surface area (Å²) < 4.78 is 0. The van der Waals surface area contributed by atoms with Crippen LogP contribution in [0.25, 0.3) is 0 Å². The van der Waals surface area contributed by atoms with Gasteiger partial charge in [0.2, 0.25) is 5.91 Å². The second kappa shape index (κ2) is 7.53. The monoisotopic (exact) mass is 344 g/mol. The standard InChI is InChI=1S/C15H24N2O5S/c1-8(16-10(7-23)14(19)20)13(18)17-11-5-3-2-4-9(11)6-12(17)15(21)22/h8-12,16,23H,2-7H2,1H3,(H,19,20)(H,21,22)/t8-,9+,10-,11+,12-/m0/s1. The van der Waals surface area contributed by atoms with Gasteiger partial charge in [0.1, 0.15) is 12.1 Å². The molecular formula is C15H24N2O5S. The molecule has 1 aliphatic heterocycles. The third-order valence-corrected chi connectivity index (χ3v) is 5.30. The maximum absolute atomic E-state index is 12.8. The molecule has 0 aromatic carbocycles. The second-order valence-electron chi connectivity index (χ2n) is 6.41. The van der Waals surface area contributed by atoms with E-state index in [4.69, 9.17) is 5.11 Å². The zero-order valence-corrected chi connectivity index (χ0v) is 14.0. The quantitative estimate of drug-likeness (QED) is 0.526. The number of amides is 1. The Morgan fingerprint density at radius 3 is 2.48 bits per heavy atom. The molecule has 1 aliphatic carbocycles. The number of likely N-dealkylation sites (tertiary alicyclic amines) is 1. The maximum Gasteiger partial charge on any atom is 0.326 e. The van der Waals surface area contributed by atoms with Crippen molar-refractivity contribution in [1.29, 1.82) is 0 Å². The van der Waals surface area contributed by atoms with E-state index in [1.165, 1.54) is 4.90 Å². The molecule has 8 heteroatoms. The Kier molecular flexibility index (Phi) is 5.91. The lowest BCUT2D eigenvalue weighted by Crippen LogP contribution is -2.55. The van der Waals surface area contributed by atoms with E-state index in [0.29, 0.717) is 6.42 Å². The highest BCUT2D eigenvalue weighted by Gasteiger charge is 2.48. The fourth-order valence-corrected chi connectivity index (χ4v) is 4.06. The lowest BCUT2D eigenvalue weighted by Gasteiger charge is -2.35. The molecule has 0 aromatic heterocycles. The van der Waals surface area contributed by atoms with Gasteiger partial charge >= 0.3 is 11.9 Å². The molecule has 0 aromatic rings. The second-order valence-corrected chi connectivity index (χ2v) is 6.77. The highest BCUT2D eigenvalue weighted by atomic mass is 32.1. The van der Waals surface area contributed by atoms with E-state index in [1.54, 1.807) is 6.92 Å². The van der Waals surface area contributed by atoms with Crippen LogP contribution in [0, 0.1) is 5.92 Å². The number of aliphatic carboxylic acids is 2. The van der Waals surface area contributed by atoms with Gasteiger partial charge in [-0.3, -0.25) is 14.9 Å². The van der Waals surface area contributed by atoms with Crippen molar-refractivity contribution in [2.75, 3.05) is 5.75 Å². The fraction of sp³-hybridized carbons (Fsp3) is 0.800. The van der Waals surface area contributed by atoms with E-state index >= 15 is 0 Å². The molecule has 0 spiro atoms. The summed E-state index contributed by atoms with van der Waals surface area (Å²) in [6, 6.07) is -2.55. The molecule has 1 saturated carbocycles. The van der Waals surface area contributed by atoms with Gasteiger partial charge in [-0.1, -0.05) is 12.8 Å². The normalized spacial score (nSPS) is 29.7. The van der Waals surface area contributed by atoms with Gasteiger partial charge in [-0.05, 0) is 32.1 Å². The average molecular weight is 344 g/mol. The zero-order chi connectivity index (χ0) is 17.1. The van der Waals surface area contributed by atoms with Crippen LogP contribution in [0.1, 0.15) is 39.0 Å². The van der Waals surface area contributed by atoms with Gasteiger partial charge in [-0.15, -0.1) is 0 Å². The first-order valence-electron chi connectivity index (χ1n) is 8.01. The first-order chi connectivity index (χ1) is 10.9. The number of carbonyl (C=O) groups excluding carboxylic acids is 1. The molecule has 1 amide bonds. The number of rotatable bonds is 6. The van der Waals surface area contributed by atoms with Crippen molar-refractivity contribution in [2.45, 2.75) is 63.2 Å². The Hall–Kier alpha value is -1.28. The van der Waals surface area contributed by atoms with Crippen LogP contribution in [0.15, 0.2) is 0 Å². The highest BCUT2D eigenvalue weighted by Crippen LogP contribution is 2.40. The van der Waals surface area contributed by atoms with Crippen LogP contribution in [0.2, 0.25) is 0 Å². The molecule has 2 fully saturated rings. The lowest BCUT2D eigenvalue weighted by molar-refractivity contribution is -0.151. The summed E-state index contributed by atoms with van der Waals surface area (Å²) in [5.74, 6) is -2.10. The summed E-state index contributed by atoms with van der Waals surface area (Å²) in [6.45, 7) is 1.58. The third-order valence-electron chi connectivity index (χ3n) is 4.93. The van der Waals surface area contributed by atoms with Gasteiger partial charge in [0.25, 0.3) is 0 Å². The number of hydrogen-bond acceptors (Lipinski definition) is 5. The molecule has 0 bridgehead atoms. The van der Waals surface area contributed by atoms with Crippen LogP contribution in [0.5, 0.6) is 0 Å². The zero-order valence-electron chi connectivity index (χ0n) is 13.1. The number of thiol groups is 1. The van der Waals surface area contributed by atoms with E-state index in [0.717, 1.165) is 25.7 Å². The largest absolute Gasteiger partial charge is 0.480 e. The molecule has 0 radical (unpaired) electrons. The number of carboxylic acids is 2. The number of fused-ring (bicyclic) bond motifs is 1. The SMILES string of the molecule is C[C@H](N[C@@H](CS)C(=O)O)C(=O)N1[C@@H]2CCCC[C@@H]2C[C@H]1C(=O)O. The van der Waals surface area contributed by atoms with Crippen molar-refractivity contribution in [3.05, 3.63) is 0 Å². The molecule has 23 heavy (non-hydrogen) atoms. The highest BCUT2D eigenvalue weighted by molar-refractivity contribution is 7.80. The van der Waals surface area contributed by atoms with E-state index in [-0.39, 0.29) is 23.6 Å². The van der Waals surface area contributed by atoms with E-state index < -0.39 is 30.1 Å². The Morgan fingerprint density at radius 1 is 1.26 bits per heavy atom. The molecule has 130 valence electrons. The van der Waals surface area contributed by atoms with E-state index in [1.807, 2.05) is 0 Å². The van der Waals surface area contributed by atoms with Crippen LogP contribution in [-0.2, 0) is 14.4 Å². The summed E-state index contributed by atoms with van der Waals surface area (Å²) in [5.41, 5.74) is 0. The summed E-state index contributed by atoms with van der Waals surface area (Å²) in [7, 11) is 0. The molecule has 0 unspecified atom stereocenters. The van der Waals surface area contributed by atoms with Crippen LogP contribution in [0.4, 0.5) is 0 Å². The smallest absolute Gasteiger partial charge is 0.326 e. The van der Waals surface area contributed by atoms with Gasteiger partial charge in [0.05, 0.1) is 6.04 Å². The summed E-state index contributed by atoms with van der Waals surface area (Å²) in [5, 5.41) is 21.3. The average Bonchev–Trinajstić information content (AvgIpc) is 2.90. The topological polar surface area (TPSA) is 107 Å². The van der Waals surface area contributed by atoms with Gasteiger partial charge in [-0.2, -0.15) is 12.6 Å². The van der Waals surface area contributed by atoms with Crippen molar-refractivity contribution < 1.29 is 24.6 Å². The Morgan fingerprint density at radius 2 is 1.91 bits per heavy atom. The van der Waals surface area contributed by atoms with Gasteiger partial charge < -0.3 is 15.1 Å². The summed E-state index contributed by atoms with van der Waals surface area (Å²) in [4.78, 5) is 36.9. The summed E-state index contributed by atoms with van der Waals surface area (Å²) in [6.07, 6.45) is 4.33. The predicted octanol–water partition coefficient (Wildman–Crippen LogP) is 0.592. The van der Waals surface area contributed by atoms with Gasteiger partial charge in [0.15, 0.2) is 0 Å². The fourth-order valence-electron chi connectivity index (χ4n) is 3.80. The van der Waals surface area contributed by atoms with E-state index in [2.05, 4.69) is 17.9 Å². The van der Waals surface area contributed by atoms with Crippen molar-refractivity contribution >= 4 is 30.5 Å². The summed E-state index contributed by atoms with van der Waals surface area (Å²) >= 11 is 3.97. The molecule has 2 aliphatic rings.